The Morgan fingerprint density at radius 2 is 0.919 bits per heavy atom. The zero-order valence-electron chi connectivity index (χ0n) is 29.8. The molecule has 48 nitrogen and oxygen atoms in total. The van der Waals surface area contributed by atoms with Crippen molar-refractivity contribution >= 4 is 22.5 Å². The molecule has 0 unspecified atom stereocenters. The fraction of sp³-hybridized carbons (Fsp3) is 0. The van der Waals surface area contributed by atoms with Crippen LogP contribution >= 0.6 is 0 Å². The SMILES string of the molecule is O=C1c2cc([N+](=O)[O-])ccc2-n2c1nc1ncccc1c2=O.[2H]N=N/N=N/N=N/N=N/N=N/N=N/N=N/N=N/N=N/N=N/N=N/N=N/N=N/N=N/N=N/N=N/N=N/N=N/N=N/N=N. The maximum absolute atomic E-state index is 12.5. The summed E-state index contributed by atoms with van der Waals surface area (Å²) in [6.07, 6.45) is 1.48. The van der Waals surface area contributed by atoms with Crippen molar-refractivity contribution in [1.82, 2.24) is 14.5 Å². The molecule has 48 heteroatoms. The average molecular weight is 858 g/mol. The average Bonchev–Trinajstić information content (AvgIpc) is 3.58. The van der Waals surface area contributed by atoms with Gasteiger partial charge in [0, 0.05) is 133 Å². The fourth-order valence-electron chi connectivity index (χ4n) is 3.18. The number of hydrogen-bond acceptors (Lipinski definition) is 8. The molecule has 308 valence electrons. The lowest BCUT2D eigenvalue weighted by molar-refractivity contribution is -0.384. The van der Waals surface area contributed by atoms with Gasteiger partial charge >= 0.3 is 0 Å². The second-order valence-electron chi connectivity index (χ2n) is 8.15. The van der Waals surface area contributed by atoms with E-state index in [1.807, 2.05) is 0 Å². The number of ketones is 1. The van der Waals surface area contributed by atoms with Gasteiger partial charge in [0.1, 0.15) is 0 Å². The van der Waals surface area contributed by atoms with Crippen molar-refractivity contribution in [3.05, 3.63) is 68.4 Å². The van der Waals surface area contributed by atoms with E-state index >= 15 is 0 Å². The molecule has 0 aliphatic carbocycles. The van der Waals surface area contributed by atoms with Gasteiger partial charge in [-0.05, 0) is 102 Å². The normalized spacial score (nSPS) is 14.4. The monoisotopic (exact) mass is 857 g/mol. The van der Waals surface area contributed by atoms with E-state index in [0.717, 1.165) is 6.07 Å². The molecule has 0 atom stereocenters. The molecule has 1 aliphatic rings. The number of carbonyl (C=O) groups excluding carboxylic acids is 1. The number of nitrogens with zero attached hydrogens (tertiary/aromatic N) is 42. The molecule has 2 N–H and O–H groups in total. The molecule has 0 spiro atoms. The van der Waals surface area contributed by atoms with E-state index < -0.39 is 16.3 Å². The smallest absolute Gasteiger partial charge is 0.270 e. The van der Waals surface area contributed by atoms with Crippen LogP contribution in [0.4, 0.5) is 5.69 Å². The minimum Gasteiger partial charge on any atom is -0.285 e. The van der Waals surface area contributed by atoms with Crippen LogP contribution < -0.4 is 5.56 Å². The number of pyridine rings is 1. The maximum atomic E-state index is 12.5. The Balaban J connectivity index is 0.000000395. The molecule has 3 aromatic rings. The van der Waals surface area contributed by atoms with E-state index in [1.54, 1.807) is 12.1 Å². The molecular formula is C14H8N44O4. The summed E-state index contributed by atoms with van der Waals surface area (Å²) in [5.41, 5.74) is 8.67. The third-order valence-corrected chi connectivity index (χ3v) is 5.01. The quantitative estimate of drug-likeness (QED) is 0.0496. The summed E-state index contributed by atoms with van der Waals surface area (Å²) in [6, 6.07) is 6.96. The van der Waals surface area contributed by atoms with Crippen molar-refractivity contribution in [3.63, 3.8) is 0 Å². The molecule has 62 heavy (non-hydrogen) atoms. The highest BCUT2D eigenvalue weighted by Crippen LogP contribution is 2.29. The van der Waals surface area contributed by atoms with Crippen LogP contribution in [-0.2, 0) is 0 Å². The summed E-state index contributed by atoms with van der Waals surface area (Å²) < 4.78 is 7.41. The molecule has 0 saturated carbocycles. The number of aromatic nitrogens is 3. The third kappa shape index (κ3) is 16.5. The van der Waals surface area contributed by atoms with Crippen molar-refractivity contribution in [2.45, 2.75) is 0 Å². The molecule has 4 rings (SSSR count). The molecule has 3 heterocycles. The topological polar surface area (TPSA) is 625 Å². The number of non-ortho nitro benzene ring substituents is 1. The minimum atomic E-state index is -0.592. The molecule has 1 aliphatic heterocycles. The summed E-state index contributed by atoms with van der Waals surface area (Å²) in [5, 5.41) is 123. The molecular weight excluding hydrogens is 848 g/mol. The fourth-order valence-corrected chi connectivity index (χ4v) is 3.18. The van der Waals surface area contributed by atoms with Crippen molar-refractivity contribution in [3.8, 4) is 5.69 Å². The summed E-state index contributed by atoms with van der Waals surface area (Å²) in [5.74, 6) is -0.602. The number of hydrogen-bond donors (Lipinski definition) is 2. The molecule has 0 amide bonds. The molecule has 1 aromatic carbocycles. The first kappa shape index (κ1) is 43.3. The van der Waals surface area contributed by atoms with E-state index in [4.69, 9.17) is 6.94 Å². The van der Waals surface area contributed by atoms with E-state index in [9.17, 15) is 19.7 Å². The number of benzene rings is 1. The van der Waals surface area contributed by atoms with Crippen LogP contribution in [0.1, 0.15) is 16.2 Å². The Hall–Kier alpha value is -11.4. The summed E-state index contributed by atoms with van der Waals surface area (Å²) in [4.78, 5) is 43.3. The zero-order chi connectivity index (χ0) is 45.0. The maximum Gasteiger partial charge on any atom is 0.270 e. The van der Waals surface area contributed by atoms with Crippen LogP contribution in [0.25, 0.3) is 16.7 Å². The van der Waals surface area contributed by atoms with Gasteiger partial charge < -0.3 is 0 Å². The number of carbonyl (C=O) groups is 1. The Bertz CT molecular complexity index is 2680. The van der Waals surface area contributed by atoms with Gasteiger partial charge in [0.2, 0.25) is 7.20 Å². The van der Waals surface area contributed by atoms with Crippen LogP contribution in [0.15, 0.2) is 240 Å². The van der Waals surface area contributed by atoms with Gasteiger partial charge in [0.15, 0.2) is 11.5 Å². The van der Waals surface area contributed by atoms with E-state index in [1.165, 1.54) is 22.9 Å². The third-order valence-electron chi connectivity index (χ3n) is 5.01. The first-order valence-electron chi connectivity index (χ1n) is 14.6. The summed E-state index contributed by atoms with van der Waals surface area (Å²) >= 11 is 0. The molecule has 2 aromatic heterocycles. The predicted molar refractivity (Wildman–Crippen MR) is 173 cm³/mol. The van der Waals surface area contributed by atoms with Gasteiger partial charge in [0.05, 0.1) is 21.6 Å². The first-order valence-corrected chi connectivity index (χ1v) is 14.1. The van der Waals surface area contributed by atoms with Crippen molar-refractivity contribution in [2.24, 2.45) is 198 Å². The van der Waals surface area contributed by atoms with Gasteiger partial charge in [-0.1, -0.05) is 0 Å². The number of nitro benzene ring substituents is 1. The van der Waals surface area contributed by atoms with Gasteiger partial charge in [-0.15, -0.1) is 0 Å². The number of nitrogens with one attached hydrogen (secondary N) is 2. The van der Waals surface area contributed by atoms with Crippen molar-refractivity contribution < 1.29 is 11.1 Å². The molecule has 0 saturated heterocycles. The highest BCUT2D eigenvalue weighted by molar-refractivity contribution is 6.13. The lowest BCUT2D eigenvalue weighted by atomic mass is 10.1. The second kappa shape index (κ2) is 28.1. The minimum absolute atomic E-state index is 0.0771. The van der Waals surface area contributed by atoms with E-state index in [-0.39, 0.29) is 28.1 Å². The largest absolute Gasteiger partial charge is 0.285 e. The standard InChI is InChI=1S/C14H6N4O4.H2N40/c19-11-9-6-7(18(21)22)3-4-10(9)17-13(11)16-12-8(14(17)20)2-1-5-15-12;1-3-5-7-9-11-13-15-17-19-21-23-25-27-29-31-33-35-37-39-40-38-36-34-32-30-28-26-24-22-20-18-16-14-12-10-8-6-4-2/h1-6H;1-2H/b;3-1?,4-2?,7-5+,8-6+,11-9+,12-10+,15-13+,16-14+,19-17+,20-18+,23-21+,24-22+,27-25+,28-26+,31-29+,32-30+,35-33+,36-34+,39-37+,40-38+/i/hD. The lowest BCUT2D eigenvalue weighted by Crippen LogP contribution is -2.21. The van der Waals surface area contributed by atoms with E-state index in [2.05, 4.69) is 214 Å². The highest BCUT2D eigenvalue weighted by Gasteiger charge is 2.32. The van der Waals surface area contributed by atoms with Crippen LogP contribution in [0, 0.1) is 21.2 Å². The predicted octanol–water partition coefficient (Wildman–Crippen LogP) is 8.81. The lowest BCUT2D eigenvalue weighted by Gasteiger charge is -2.04. The van der Waals surface area contributed by atoms with E-state index in [0.29, 0.717) is 5.69 Å². The van der Waals surface area contributed by atoms with Crippen molar-refractivity contribution in [2.75, 3.05) is 0 Å². The zero-order valence-corrected chi connectivity index (χ0v) is 28.8. The summed E-state index contributed by atoms with van der Waals surface area (Å²) in [7, 11) is 0. The first-order chi connectivity index (χ1) is 31.0. The Morgan fingerprint density at radius 1 is 0.548 bits per heavy atom. The Morgan fingerprint density at radius 3 is 1.27 bits per heavy atom. The molecule has 0 radical (unpaired) electrons. The van der Waals surface area contributed by atoms with Gasteiger partial charge in [-0.3, -0.25) is 24.3 Å². The number of fused-ring (bicyclic) bond motifs is 4. The Labute approximate surface area is 332 Å². The Kier molecular flexibility index (Phi) is 19.6. The van der Waals surface area contributed by atoms with Gasteiger partial charge in [-0.25, -0.2) is 9.97 Å². The van der Waals surface area contributed by atoms with Crippen molar-refractivity contribution in [1.29, 1.82) is 11.1 Å². The molecule has 0 bridgehead atoms. The van der Waals surface area contributed by atoms with Gasteiger partial charge in [0.25, 0.3) is 11.2 Å². The van der Waals surface area contributed by atoms with Gasteiger partial charge in [-0.2, -0.15) is 11.1 Å². The van der Waals surface area contributed by atoms with Crippen LogP contribution in [0.3, 0.4) is 0 Å². The van der Waals surface area contributed by atoms with Crippen LogP contribution in [-0.4, -0.2) is 25.2 Å². The number of nitro groups is 1. The van der Waals surface area contributed by atoms with Crippen LogP contribution in [0.2, 0.25) is 1.41 Å². The summed E-state index contributed by atoms with van der Waals surface area (Å²) in [6.45, 7) is 0. The second-order valence-corrected chi connectivity index (χ2v) is 8.15. The highest BCUT2D eigenvalue weighted by atomic mass is 16.6. The van der Waals surface area contributed by atoms with Crippen LogP contribution in [0.5, 0.6) is 0 Å². The number of rotatable bonds is 20. The molecule has 0 fully saturated rings.